The van der Waals surface area contributed by atoms with Crippen LogP contribution in [0.4, 0.5) is 0 Å². The smallest absolute Gasteiger partial charge is 0.0409 e. The van der Waals surface area contributed by atoms with Crippen LogP contribution in [0, 0.1) is 11.3 Å². The average molecular weight is 309 g/mol. The average Bonchev–Trinajstić information content (AvgIpc) is 2.37. The van der Waals surface area contributed by atoms with Crippen LogP contribution in [0.2, 0.25) is 5.02 Å². The summed E-state index contributed by atoms with van der Waals surface area (Å²) in [5.74, 6) is 0.651. The maximum absolute atomic E-state index is 6.13. The third kappa shape index (κ3) is 4.45. The summed E-state index contributed by atoms with van der Waals surface area (Å²) in [6.45, 7) is 14.7. The SMILES string of the molecule is CC(C)C1CNC(C(C)(C)C)CN1Cc1cccc(Cl)c1. The van der Waals surface area contributed by atoms with Crippen molar-refractivity contribution in [1.82, 2.24) is 10.2 Å². The highest BCUT2D eigenvalue weighted by atomic mass is 35.5. The number of nitrogens with one attached hydrogen (secondary N) is 1. The lowest BCUT2D eigenvalue weighted by Crippen LogP contribution is -2.61. The van der Waals surface area contributed by atoms with Crippen molar-refractivity contribution in [2.45, 2.75) is 53.2 Å². The fourth-order valence-corrected chi connectivity index (χ4v) is 3.33. The summed E-state index contributed by atoms with van der Waals surface area (Å²) in [7, 11) is 0. The third-order valence-electron chi connectivity index (χ3n) is 4.55. The molecule has 0 bridgehead atoms. The molecule has 1 aromatic carbocycles. The summed E-state index contributed by atoms with van der Waals surface area (Å²) in [5, 5.41) is 4.58. The molecule has 0 radical (unpaired) electrons. The molecule has 0 spiro atoms. The zero-order valence-electron chi connectivity index (χ0n) is 14.0. The van der Waals surface area contributed by atoms with Gasteiger partial charge in [0, 0.05) is 36.7 Å². The van der Waals surface area contributed by atoms with Crippen molar-refractivity contribution in [2.75, 3.05) is 13.1 Å². The minimum absolute atomic E-state index is 0.286. The molecule has 1 aromatic rings. The van der Waals surface area contributed by atoms with Gasteiger partial charge < -0.3 is 5.32 Å². The number of hydrogen-bond donors (Lipinski definition) is 1. The molecular formula is C18H29ClN2. The first-order valence-corrected chi connectivity index (χ1v) is 8.37. The van der Waals surface area contributed by atoms with Crippen molar-refractivity contribution < 1.29 is 0 Å². The summed E-state index contributed by atoms with van der Waals surface area (Å²) >= 11 is 6.13. The molecule has 0 aliphatic carbocycles. The molecule has 1 saturated heterocycles. The van der Waals surface area contributed by atoms with Gasteiger partial charge in [-0.25, -0.2) is 0 Å². The maximum Gasteiger partial charge on any atom is 0.0409 e. The fourth-order valence-electron chi connectivity index (χ4n) is 3.12. The van der Waals surface area contributed by atoms with Crippen molar-refractivity contribution >= 4 is 11.6 Å². The summed E-state index contributed by atoms with van der Waals surface area (Å²) < 4.78 is 0. The Kier molecular flexibility index (Phi) is 5.34. The van der Waals surface area contributed by atoms with Crippen LogP contribution < -0.4 is 5.32 Å². The largest absolute Gasteiger partial charge is 0.311 e. The molecular weight excluding hydrogens is 280 g/mol. The van der Waals surface area contributed by atoms with E-state index in [2.05, 4.69) is 57.0 Å². The molecule has 1 N–H and O–H groups in total. The predicted molar refractivity (Wildman–Crippen MR) is 91.7 cm³/mol. The second-order valence-corrected chi connectivity index (χ2v) is 8.13. The monoisotopic (exact) mass is 308 g/mol. The first-order valence-electron chi connectivity index (χ1n) is 7.99. The lowest BCUT2D eigenvalue weighted by atomic mass is 9.83. The predicted octanol–water partition coefficient (Wildman–Crippen LogP) is 4.18. The van der Waals surface area contributed by atoms with Gasteiger partial charge in [-0.2, -0.15) is 0 Å². The molecule has 2 nitrogen and oxygen atoms in total. The molecule has 1 heterocycles. The Balaban J connectivity index is 2.14. The van der Waals surface area contributed by atoms with Crippen LogP contribution in [0.1, 0.15) is 40.2 Å². The molecule has 2 atom stereocenters. The topological polar surface area (TPSA) is 15.3 Å². The van der Waals surface area contributed by atoms with Gasteiger partial charge in [0.05, 0.1) is 0 Å². The molecule has 21 heavy (non-hydrogen) atoms. The molecule has 1 aliphatic rings. The van der Waals surface area contributed by atoms with E-state index in [0.29, 0.717) is 18.0 Å². The molecule has 0 saturated carbocycles. The van der Waals surface area contributed by atoms with Gasteiger partial charge in [-0.3, -0.25) is 4.90 Å². The second-order valence-electron chi connectivity index (χ2n) is 7.70. The first kappa shape index (κ1) is 16.8. The van der Waals surface area contributed by atoms with Crippen LogP contribution in [-0.4, -0.2) is 30.1 Å². The molecule has 1 fully saturated rings. The minimum Gasteiger partial charge on any atom is -0.311 e. The highest BCUT2D eigenvalue weighted by Gasteiger charge is 2.35. The third-order valence-corrected chi connectivity index (χ3v) is 4.78. The van der Waals surface area contributed by atoms with Crippen LogP contribution in [0.25, 0.3) is 0 Å². The second kappa shape index (κ2) is 6.68. The van der Waals surface area contributed by atoms with Crippen molar-refractivity contribution in [1.29, 1.82) is 0 Å². The Morgan fingerprint density at radius 3 is 2.62 bits per heavy atom. The van der Waals surface area contributed by atoms with Crippen LogP contribution in [-0.2, 0) is 6.54 Å². The van der Waals surface area contributed by atoms with Gasteiger partial charge in [0.2, 0.25) is 0 Å². The van der Waals surface area contributed by atoms with Crippen LogP contribution in [0.3, 0.4) is 0 Å². The van der Waals surface area contributed by atoms with Crippen molar-refractivity contribution in [2.24, 2.45) is 11.3 Å². The number of hydrogen-bond acceptors (Lipinski definition) is 2. The maximum atomic E-state index is 6.13. The van der Waals surface area contributed by atoms with E-state index in [1.54, 1.807) is 0 Å². The molecule has 1 aliphatic heterocycles. The van der Waals surface area contributed by atoms with E-state index >= 15 is 0 Å². The lowest BCUT2D eigenvalue weighted by Gasteiger charge is -2.46. The Morgan fingerprint density at radius 1 is 1.33 bits per heavy atom. The molecule has 2 unspecified atom stereocenters. The number of nitrogens with zero attached hydrogens (tertiary/aromatic N) is 1. The number of piperazine rings is 1. The fraction of sp³-hybridized carbons (Fsp3) is 0.667. The van der Waals surface area contributed by atoms with Crippen molar-refractivity contribution in [3.05, 3.63) is 34.9 Å². The van der Waals surface area contributed by atoms with Crippen LogP contribution in [0.5, 0.6) is 0 Å². The Labute approximate surface area is 134 Å². The van der Waals surface area contributed by atoms with Gasteiger partial charge in [0.1, 0.15) is 0 Å². The quantitative estimate of drug-likeness (QED) is 0.901. The van der Waals surface area contributed by atoms with Gasteiger partial charge >= 0.3 is 0 Å². The zero-order valence-corrected chi connectivity index (χ0v) is 14.7. The number of halogens is 1. The van der Waals surface area contributed by atoms with E-state index < -0.39 is 0 Å². The molecule has 3 heteroatoms. The lowest BCUT2D eigenvalue weighted by molar-refractivity contribution is 0.0572. The summed E-state index contributed by atoms with van der Waals surface area (Å²) in [4.78, 5) is 2.63. The van der Waals surface area contributed by atoms with Gasteiger partial charge in [0.15, 0.2) is 0 Å². The van der Waals surface area contributed by atoms with E-state index in [-0.39, 0.29) is 5.41 Å². The molecule has 0 amide bonds. The summed E-state index contributed by atoms with van der Waals surface area (Å²) in [5.41, 5.74) is 1.59. The van der Waals surface area contributed by atoms with Crippen molar-refractivity contribution in [3.63, 3.8) is 0 Å². The van der Waals surface area contributed by atoms with Gasteiger partial charge in [0.25, 0.3) is 0 Å². The van der Waals surface area contributed by atoms with Crippen LogP contribution in [0.15, 0.2) is 24.3 Å². The highest BCUT2D eigenvalue weighted by molar-refractivity contribution is 6.30. The first-order chi connectivity index (χ1) is 9.77. The Bertz CT molecular complexity index is 465. The number of rotatable bonds is 3. The normalized spacial score (nSPS) is 24.5. The van der Waals surface area contributed by atoms with Crippen molar-refractivity contribution in [3.8, 4) is 0 Å². The molecule has 118 valence electrons. The Morgan fingerprint density at radius 2 is 2.05 bits per heavy atom. The van der Waals surface area contributed by atoms with E-state index in [1.807, 2.05) is 12.1 Å². The van der Waals surface area contributed by atoms with E-state index in [4.69, 9.17) is 11.6 Å². The summed E-state index contributed by atoms with van der Waals surface area (Å²) in [6.07, 6.45) is 0. The minimum atomic E-state index is 0.286. The molecule has 0 aromatic heterocycles. The zero-order chi connectivity index (χ0) is 15.6. The van der Waals surface area contributed by atoms with Gasteiger partial charge in [-0.05, 0) is 29.0 Å². The highest BCUT2D eigenvalue weighted by Crippen LogP contribution is 2.27. The van der Waals surface area contributed by atoms with E-state index in [1.165, 1.54) is 5.56 Å². The summed E-state index contributed by atoms with van der Waals surface area (Å²) in [6, 6.07) is 9.38. The van der Waals surface area contributed by atoms with E-state index in [0.717, 1.165) is 24.7 Å². The number of benzene rings is 1. The molecule has 2 rings (SSSR count). The van der Waals surface area contributed by atoms with Gasteiger partial charge in [-0.15, -0.1) is 0 Å². The van der Waals surface area contributed by atoms with Crippen LogP contribution >= 0.6 is 11.6 Å². The standard InChI is InChI=1S/C18H29ClN2/c1-13(2)16-10-20-17(18(3,4)5)12-21(16)11-14-7-6-8-15(19)9-14/h6-9,13,16-17,20H,10-12H2,1-5H3. The van der Waals surface area contributed by atoms with E-state index in [9.17, 15) is 0 Å². The Hall–Kier alpha value is -0.570. The van der Waals surface area contributed by atoms with Gasteiger partial charge in [-0.1, -0.05) is 58.4 Å².